The van der Waals surface area contributed by atoms with Crippen molar-refractivity contribution in [3.05, 3.63) is 75.3 Å². The lowest BCUT2D eigenvalue weighted by atomic mass is 10.0. The first kappa shape index (κ1) is 19.2. The first-order chi connectivity index (χ1) is 13.0. The van der Waals surface area contributed by atoms with Crippen molar-refractivity contribution in [3.8, 4) is 0 Å². The van der Waals surface area contributed by atoms with E-state index in [1.807, 2.05) is 0 Å². The van der Waals surface area contributed by atoms with Crippen molar-refractivity contribution in [2.24, 2.45) is 0 Å². The zero-order valence-electron chi connectivity index (χ0n) is 15.6. The highest BCUT2D eigenvalue weighted by Crippen LogP contribution is 2.25. The average Bonchev–Trinajstić information content (AvgIpc) is 3.20. The van der Waals surface area contributed by atoms with E-state index in [0.717, 1.165) is 13.1 Å². The van der Waals surface area contributed by atoms with Crippen LogP contribution in [0.25, 0.3) is 0 Å². The Morgan fingerprint density at radius 1 is 1.11 bits per heavy atom. The highest BCUT2D eigenvalue weighted by Gasteiger charge is 2.23. The molecule has 1 N–H and O–H groups in total. The van der Waals surface area contributed by atoms with Crippen LogP contribution in [0.1, 0.15) is 40.4 Å². The number of Topliss-reactive ketones (excluding diaryl/α,β-unsaturated/α-hetero) is 1. The van der Waals surface area contributed by atoms with Crippen LogP contribution in [0.4, 0.5) is 5.69 Å². The molecular weight excluding hydrogens is 342 g/mol. The summed E-state index contributed by atoms with van der Waals surface area (Å²) in [4.78, 5) is 25.1. The Morgan fingerprint density at radius 2 is 1.74 bits per heavy atom. The Morgan fingerprint density at radius 3 is 2.33 bits per heavy atom. The third kappa shape index (κ3) is 4.99. The Kier molecular flexibility index (Phi) is 6.32. The summed E-state index contributed by atoms with van der Waals surface area (Å²) < 4.78 is 0. The molecule has 0 spiro atoms. The number of rotatable bonds is 8. The van der Waals surface area contributed by atoms with Crippen LogP contribution in [0.5, 0.6) is 0 Å². The van der Waals surface area contributed by atoms with E-state index in [9.17, 15) is 14.9 Å². The zero-order chi connectivity index (χ0) is 19.2. The maximum Gasteiger partial charge on any atom is 0.269 e. The lowest BCUT2D eigenvalue weighted by Gasteiger charge is -2.28. The van der Waals surface area contributed by atoms with Gasteiger partial charge in [0.25, 0.3) is 5.69 Å². The van der Waals surface area contributed by atoms with Crippen LogP contribution in [0.15, 0.2) is 48.5 Å². The molecule has 3 rings (SSSR count). The van der Waals surface area contributed by atoms with E-state index >= 15 is 0 Å². The van der Waals surface area contributed by atoms with E-state index in [1.54, 1.807) is 0 Å². The number of ketones is 1. The number of likely N-dealkylation sites (tertiary alicyclic amines) is 1. The van der Waals surface area contributed by atoms with Gasteiger partial charge in [0.15, 0.2) is 5.78 Å². The lowest BCUT2D eigenvalue weighted by molar-refractivity contribution is -0.384. The number of nitro benzene ring substituents is 1. The van der Waals surface area contributed by atoms with Crippen molar-refractivity contribution in [2.45, 2.75) is 25.8 Å². The fourth-order valence-electron chi connectivity index (χ4n) is 3.49. The minimum absolute atomic E-state index is 0.00650. The molecule has 6 nitrogen and oxygen atoms in total. The Labute approximate surface area is 159 Å². The number of hydrogen-bond donors (Lipinski definition) is 1. The van der Waals surface area contributed by atoms with Crippen LogP contribution in [-0.2, 0) is 0 Å². The number of non-ortho nitro benzene ring substituents is 1. The number of nitro groups is 1. The van der Waals surface area contributed by atoms with Gasteiger partial charge in [0.2, 0.25) is 0 Å². The second kappa shape index (κ2) is 8.88. The molecule has 27 heavy (non-hydrogen) atoms. The molecule has 0 amide bonds. The molecule has 1 fully saturated rings. The van der Waals surface area contributed by atoms with Crippen LogP contribution in [-0.4, -0.2) is 41.8 Å². The van der Waals surface area contributed by atoms with Gasteiger partial charge >= 0.3 is 0 Å². The molecule has 1 heterocycles. The molecule has 1 saturated heterocycles. The molecule has 0 aliphatic carbocycles. The molecule has 1 aliphatic rings. The second-order valence-electron chi connectivity index (χ2n) is 7.03. The van der Waals surface area contributed by atoms with Crippen LogP contribution < -0.4 is 5.32 Å². The predicted molar refractivity (Wildman–Crippen MR) is 105 cm³/mol. The van der Waals surface area contributed by atoms with Gasteiger partial charge in [-0.1, -0.05) is 29.8 Å². The van der Waals surface area contributed by atoms with Gasteiger partial charge in [0.05, 0.1) is 11.5 Å². The first-order valence-corrected chi connectivity index (χ1v) is 9.33. The van der Waals surface area contributed by atoms with Gasteiger partial charge in [0, 0.05) is 30.3 Å². The summed E-state index contributed by atoms with van der Waals surface area (Å²) in [5, 5.41) is 14.0. The summed E-state index contributed by atoms with van der Waals surface area (Å²) >= 11 is 0. The third-order valence-electron chi connectivity index (χ3n) is 5.07. The molecule has 0 radical (unpaired) electrons. The van der Waals surface area contributed by atoms with Gasteiger partial charge in [-0.3, -0.25) is 19.8 Å². The first-order valence-electron chi connectivity index (χ1n) is 9.33. The summed E-state index contributed by atoms with van der Waals surface area (Å²) in [7, 11) is 0. The summed E-state index contributed by atoms with van der Waals surface area (Å²) in [6.07, 6.45) is 2.42. The van der Waals surface area contributed by atoms with E-state index in [2.05, 4.69) is 41.4 Å². The number of nitrogens with zero attached hydrogens (tertiary/aromatic N) is 2. The van der Waals surface area contributed by atoms with E-state index in [1.165, 1.54) is 48.2 Å². The maximum absolute atomic E-state index is 12.4. The largest absolute Gasteiger partial charge is 0.308 e. The van der Waals surface area contributed by atoms with Gasteiger partial charge in [-0.15, -0.1) is 0 Å². The highest BCUT2D eigenvalue weighted by molar-refractivity contribution is 5.97. The molecule has 0 saturated carbocycles. The summed E-state index contributed by atoms with van der Waals surface area (Å²) in [5.74, 6) is -0.0611. The molecule has 2 aromatic carbocycles. The summed E-state index contributed by atoms with van der Waals surface area (Å²) in [6.45, 7) is 5.15. The van der Waals surface area contributed by atoms with Crippen LogP contribution in [0.3, 0.4) is 0 Å². The maximum atomic E-state index is 12.4. The monoisotopic (exact) mass is 367 g/mol. The lowest BCUT2D eigenvalue weighted by Crippen LogP contribution is -2.36. The Hall–Kier alpha value is -2.57. The minimum atomic E-state index is -0.464. The van der Waals surface area contributed by atoms with Crippen molar-refractivity contribution < 1.29 is 9.72 Å². The van der Waals surface area contributed by atoms with Crippen molar-refractivity contribution in [3.63, 3.8) is 0 Å². The van der Waals surface area contributed by atoms with Crippen molar-refractivity contribution in [1.82, 2.24) is 10.2 Å². The fraction of sp³-hybridized carbons (Fsp3) is 0.381. The summed E-state index contributed by atoms with van der Waals surface area (Å²) in [5.41, 5.74) is 2.98. The molecule has 1 aliphatic heterocycles. The van der Waals surface area contributed by atoms with Crippen molar-refractivity contribution >= 4 is 11.5 Å². The number of carbonyl (C=O) groups is 1. The van der Waals surface area contributed by atoms with Gasteiger partial charge < -0.3 is 5.32 Å². The third-order valence-corrected chi connectivity index (χ3v) is 5.07. The number of benzene rings is 2. The number of nitrogens with one attached hydrogen (secondary N) is 1. The molecule has 0 aromatic heterocycles. The topological polar surface area (TPSA) is 75.5 Å². The van der Waals surface area contributed by atoms with Gasteiger partial charge in [0.1, 0.15) is 0 Å². The molecule has 2 aromatic rings. The Bertz CT molecular complexity index is 781. The van der Waals surface area contributed by atoms with E-state index in [0.29, 0.717) is 12.1 Å². The molecular formula is C21H25N3O3. The van der Waals surface area contributed by atoms with Crippen LogP contribution >= 0.6 is 0 Å². The second-order valence-corrected chi connectivity index (χ2v) is 7.03. The molecule has 0 bridgehead atoms. The Balaban J connectivity index is 1.60. The SMILES string of the molecule is Cc1ccc(C(CNCC(=O)c2ccc([N+](=O)[O-])cc2)N2CCCC2)cc1. The van der Waals surface area contributed by atoms with E-state index in [4.69, 9.17) is 0 Å². The normalized spacial score (nSPS) is 15.6. The van der Waals surface area contributed by atoms with Crippen molar-refractivity contribution in [1.29, 1.82) is 0 Å². The smallest absolute Gasteiger partial charge is 0.269 e. The molecule has 6 heteroatoms. The zero-order valence-corrected chi connectivity index (χ0v) is 15.6. The minimum Gasteiger partial charge on any atom is -0.308 e. The number of hydrogen-bond acceptors (Lipinski definition) is 5. The fourth-order valence-corrected chi connectivity index (χ4v) is 3.49. The van der Waals surface area contributed by atoms with Gasteiger partial charge in [-0.2, -0.15) is 0 Å². The van der Waals surface area contributed by atoms with Crippen LogP contribution in [0, 0.1) is 17.0 Å². The van der Waals surface area contributed by atoms with E-state index < -0.39 is 4.92 Å². The van der Waals surface area contributed by atoms with Crippen molar-refractivity contribution in [2.75, 3.05) is 26.2 Å². The molecule has 1 unspecified atom stereocenters. The number of aryl methyl sites for hydroxylation is 1. The predicted octanol–water partition coefficient (Wildman–Crippen LogP) is 3.51. The standard InChI is InChI=1S/C21H25N3O3/c1-16-4-6-17(7-5-16)20(23-12-2-3-13-23)14-22-15-21(25)18-8-10-19(11-9-18)24(26)27/h4-11,20,22H,2-3,12-15H2,1H3. The van der Waals surface area contributed by atoms with Crippen LogP contribution in [0.2, 0.25) is 0 Å². The van der Waals surface area contributed by atoms with Gasteiger partial charge in [-0.05, 0) is 50.6 Å². The summed E-state index contributed by atoms with van der Waals surface area (Å²) in [6, 6.07) is 14.6. The molecule has 142 valence electrons. The molecule has 1 atom stereocenters. The van der Waals surface area contributed by atoms with E-state index in [-0.39, 0.29) is 24.1 Å². The average molecular weight is 367 g/mol. The quantitative estimate of drug-likeness (QED) is 0.439. The highest BCUT2D eigenvalue weighted by atomic mass is 16.6. The number of carbonyl (C=O) groups excluding carboxylic acids is 1. The van der Waals surface area contributed by atoms with Gasteiger partial charge in [-0.25, -0.2) is 0 Å².